The van der Waals surface area contributed by atoms with E-state index < -0.39 is 15.6 Å². The third-order valence-electron chi connectivity index (χ3n) is 2.65. The zero-order valence-electron chi connectivity index (χ0n) is 12.7. The molecule has 0 radical (unpaired) electrons. The molecular weight excluding hydrogens is 397 g/mol. The summed E-state index contributed by atoms with van der Waals surface area (Å²) in [5.41, 5.74) is -0.580. The van der Waals surface area contributed by atoms with Gasteiger partial charge in [-0.1, -0.05) is 44.0 Å². The van der Waals surface area contributed by atoms with E-state index in [9.17, 15) is 8.42 Å². The fourth-order valence-electron chi connectivity index (χ4n) is 2.49. The fraction of sp³-hybridized carbons (Fsp3) is 0.571. The first kappa shape index (κ1) is 19.2. The second kappa shape index (κ2) is 6.36. The van der Waals surface area contributed by atoms with Crippen LogP contribution in [0.25, 0.3) is 0 Å². The average molecular weight is 417 g/mol. The van der Waals surface area contributed by atoms with Gasteiger partial charge in [0.15, 0.2) is 0 Å². The normalized spacial score (nSPS) is 13.5. The van der Waals surface area contributed by atoms with Crippen molar-refractivity contribution in [3.8, 4) is 0 Å². The van der Waals surface area contributed by atoms with Crippen LogP contribution >= 0.6 is 39.1 Å². The molecule has 0 atom stereocenters. The monoisotopic (exact) mass is 415 g/mol. The van der Waals surface area contributed by atoms with Crippen LogP contribution in [0.1, 0.15) is 41.0 Å². The molecule has 1 aromatic rings. The number of hydrogen-bond donors (Lipinski definition) is 1. The van der Waals surface area contributed by atoms with Crippen molar-refractivity contribution in [2.75, 3.05) is 0 Å². The summed E-state index contributed by atoms with van der Waals surface area (Å²) in [5, 5.41) is 0.505. The number of nitrogens with one attached hydrogen (secondary N) is 1. The summed E-state index contributed by atoms with van der Waals surface area (Å²) in [7, 11) is -3.70. The molecule has 21 heavy (non-hydrogen) atoms. The van der Waals surface area contributed by atoms with Gasteiger partial charge in [0.05, 0.1) is 14.9 Å². The molecule has 1 rings (SSSR count). The Morgan fingerprint density at radius 1 is 1.10 bits per heavy atom. The molecule has 1 N–H and O–H groups in total. The summed E-state index contributed by atoms with van der Waals surface area (Å²) in [5.74, 6) is 0. The van der Waals surface area contributed by atoms with Gasteiger partial charge in [0.25, 0.3) is 0 Å². The highest BCUT2D eigenvalue weighted by Crippen LogP contribution is 2.33. The van der Waals surface area contributed by atoms with E-state index in [0.29, 0.717) is 15.9 Å². The van der Waals surface area contributed by atoms with Crippen LogP contribution in [0.15, 0.2) is 21.5 Å². The number of halogens is 3. The molecule has 0 saturated heterocycles. The lowest BCUT2D eigenvalue weighted by molar-refractivity contribution is 0.269. The second-order valence-electron chi connectivity index (χ2n) is 6.92. The molecule has 120 valence electrons. The molecule has 0 aliphatic carbocycles. The van der Waals surface area contributed by atoms with Crippen molar-refractivity contribution in [1.29, 1.82) is 0 Å². The third kappa shape index (κ3) is 5.71. The van der Waals surface area contributed by atoms with Gasteiger partial charge in [0.1, 0.15) is 0 Å². The van der Waals surface area contributed by atoms with Crippen LogP contribution in [-0.2, 0) is 10.0 Å². The van der Waals surface area contributed by atoms with Gasteiger partial charge >= 0.3 is 0 Å². The molecule has 0 fully saturated rings. The predicted octanol–water partition coefficient (Wildman–Crippen LogP) is 5.25. The number of rotatable bonds is 4. The molecule has 0 heterocycles. The summed E-state index contributed by atoms with van der Waals surface area (Å²) in [4.78, 5) is 0.0823. The molecule has 0 amide bonds. The highest BCUT2D eigenvalue weighted by molar-refractivity contribution is 9.10. The molecule has 0 bridgehead atoms. The summed E-state index contributed by atoms with van der Waals surface area (Å²) < 4.78 is 28.3. The standard InChI is InChI=1S/C14H20BrCl2NO2S/c1-13(2,3)8-14(4,5)18-21(19,20)12-7-11(17)10(16)6-9(12)15/h6-7,18H,8H2,1-5H3. The first-order valence-electron chi connectivity index (χ1n) is 6.42. The maximum atomic E-state index is 12.6. The van der Waals surface area contributed by atoms with Crippen LogP contribution in [0.3, 0.4) is 0 Å². The van der Waals surface area contributed by atoms with Gasteiger partial charge in [-0.3, -0.25) is 0 Å². The van der Waals surface area contributed by atoms with Crippen molar-refractivity contribution in [2.24, 2.45) is 5.41 Å². The van der Waals surface area contributed by atoms with E-state index >= 15 is 0 Å². The van der Waals surface area contributed by atoms with Crippen molar-refractivity contribution in [3.63, 3.8) is 0 Å². The molecule has 0 saturated carbocycles. The first-order valence-corrected chi connectivity index (χ1v) is 9.45. The van der Waals surface area contributed by atoms with E-state index in [1.165, 1.54) is 12.1 Å². The lowest BCUT2D eigenvalue weighted by Gasteiger charge is -2.33. The summed E-state index contributed by atoms with van der Waals surface area (Å²) in [6, 6.07) is 2.83. The minimum absolute atomic E-state index is 0.000886. The highest BCUT2D eigenvalue weighted by Gasteiger charge is 2.31. The smallest absolute Gasteiger partial charge is 0.207 e. The first-order chi connectivity index (χ1) is 9.23. The Morgan fingerprint density at radius 2 is 1.57 bits per heavy atom. The lowest BCUT2D eigenvalue weighted by Crippen LogP contribution is -2.45. The Morgan fingerprint density at radius 3 is 2.05 bits per heavy atom. The topological polar surface area (TPSA) is 46.2 Å². The summed E-state index contributed by atoms with van der Waals surface area (Å²) in [6.45, 7) is 9.93. The number of sulfonamides is 1. The van der Waals surface area contributed by atoms with Crippen LogP contribution in [0.2, 0.25) is 10.0 Å². The fourth-order valence-corrected chi connectivity index (χ4v) is 5.50. The van der Waals surface area contributed by atoms with Crippen LogP contribution in [0.4, 0.5) is 0 Å². The average Bonchev–Trinajstić information content (AvgIpc) is 2.17. The lowest BCUT2D eigenvalue weighted by atomic mass is 9.82. The predicted molar refractivity (Wildman–Crippen MR) is 92.6 cm³/mol. The third-order valence-corrected chi connectivity index (χ3v) is 6.03. The zero-order chi connectivity index (χ0) is 16.6. The highest BCUT2D eigenvalue weighted by atomic mass is 79.9. The Balaban J connectivity index is 3.16. The van der Waals surface area contributed by atoms with Crippen LogP contribution < -0.4 is 4.72 Å². The van der Waals surface area contributed by atoms with Crippen molar-refractivity contribution in [2.45, 2.75) is 51.5 Å². The summed E-state index contributed by atoms with van der Waals surface area (Å²) >= 11 is 15.0. The summed E-state index contributed by atoms with van der Waals surface area (Å²) in [6.07, 6.45) is 0.693. The van der Waals surface area contributed by atoms with E-state index in [4.69, 9.17) is 23.2 Å². The van der Waals surface area contributed by atoms with Crippen molar-refractivity contribution in [1.82, 2.24) is 4.72 Å². The van der Waals surface area contributed by atoms with Crippen molar-refractivity contribution < 1.29 is 8.42 Å². The van der Waals surface area contributed by atoms with E-state index in [1.807, 2.05) is 13.8 Å². The SMILES string of the molecule is CC(C)(C)CC(C)(C)NS(=O)(=O)c1cc(Cl)c(Cl)cc1Br. The molecule has 0 unspecified atom stereocenters. The quantitative estimate of drug-likeness (QED) is 0.681. The minimum Gasteiger partial charge on any atom is -0.207 e. The van der Waals surface area contributed by atoms with E-state index in [-0.39, 0.29) is 15.3 Å². The minimum atomic E-state index is -3.70. The van der Waals surface area contributed by atoms with Crippen molar-refractivity contribution >= 4 is 49.2 Å². The maximum Gasteiger partial charge on any atom is 0.242 e. The second-order valence-corrected chi connectivity index (χ2v) is 10.2. The Hall–Kier alpha value is 0.190. The molecule has 0 aliphatic rings. The van der Waals surface area contributed by atoms with Crippen LogP contribution in [0, 0.1) is 5.41 Å². The van der Waals surface area contributed by atoms with Gasteiger partial charge in [-0.05, 0) is 53.7 Å². The Bertz CT molecular complexity index is 637. The molecule has 0 spiro atoms. The molecule has 1 aromatic carbocycles. The Labute approximate surface area is 145 Å². The van der Waals surface area contributed by atoms with Crippen LogP contribution in [0.5, 0.6) is 0 Å². The molecule has 0 aliphatic heterocycles. The van der Waals surface area contributed by atoms with E-state index in [0.717, 1.165) is 0 Å². The molecule has 0 aromatic heterocycles. The van der Waals surface area contributed by atoms with Gasteiger partial charge in [-0.25, -0.2) is 13.1 Å². The van der Waals surface area contributed by atoms with Crippen molar-refractivity contribution in [3.05, 3.63) is 26.7 Å². The van der Waals surface area contributed by atoms with Crippen LogP contribution in [-0.4, -0.2) is 14.0 Å². The number of hydrogen-bond acceptors (Lipinski definition) is 2. The molecular formula is C14H20BrCl2NO2S. The zero-order valence-corrected chi connectivity index (χ0v) is 16.6. The van der Waals surface area contributed by atoms with Gasteiger partial charge in [-0.15, -0.1) is 0 Å². The van der Waals surface area contributed by atoms with Gasteiger partial charge in [-0.2, -0.15) is 0 Å². The number of benzene rings is 1. The van der Waals surface area contributed by atoms with Gasteiger partial charge < -0.3 is 0 Å². The Kier molecular flexibility index (Phi) is 5.83. The largest absolute Gasteiger partial charge is 0.242 e. The van der Waals surface area contributed by atoms with Gasteiger partial charge in [0.2, 0.25) is 10.0 Å². The van der Waals surface area contributed by atoms with E-state index in [1.54, 1.807) is 0 Å². The molecule has 7 heteroatoms. The molecule has 3 nitrogen and oxygen atoms in total. The van der Waals surface area contributed by atoms with E-state index in [2.05, 4.69) is 41.4 Å². The van der Waals surface area contributed by atoms with Gasteiger partial charge in [0, 0.05) is 10.0 Å². The maximum absolute atomic E-state index is 12.6.